The van der Waals surface area contributed by atoms with E-state index in [2.05, 4.69) is 23.5 Å². The molecule has 3 nitrogen and oxygen atoms in total. The van der Waals surface area contributed by atoms with Gasteiger partial charge in [-0.25, -0.2) is 0 Å². The zero-order chi connectivity index (χ0) is 12.5. The highest BCUT2D eigenvalue weighted by molar-refractivity contribution is 5.97. The average Bonchev–Trinajstić information content (AvgIpc) is 3.24. The number of nitrogens with one attached hydrogen (secondary N) is 1. The smallest absolute Gasteiger partial charge is 0.230 e. The van der Waals surface area contributed by atoms with Gasteiger partial charge in [0.2, 0.25) is 5.91 Å². The van der Waals surface area contributed by atoms with Gasteiger partial charge < -0.3 is 10.2 Å². The first-order chi connectivity index (χ1) is 8.81. The molecule has 1 fully saturated rings. The highest BCUT2D eigenvalue weighted by atomic mass is 16.2. The van der Waals surface area contributed by atoms with Crippen molar-refractivity contribution in [3.05, 3.63) is 29.8 Å². The van der Waals surface area contributed by atoms with Crippen LogP contribution < -0.4 is 10.2 Å². The van der Waals surface area contributed by atoms with Gasteiger partial charge in [-0.15, -0.1) is 0 Å². The van der Waals surface area contributed by atoms with Crippen molar-refractivity contribution in [2.75, 3.05) is 18.5 Å². The van der Waals surface area contributed by atoms with Crippen molar-refractivity contribution in [2.45, 2.75) is 31.7 Å². The topological polar surface area (TPSA) is 32.3 Å². The summed E-state index contributed by atoms with van der Waals surface area (Å²) in [6.45, 7) is 0.866. The summed E-state index contributed by atoms with van der Waals surface area (Å²) in [4.78, 5) is 14.4. The number of benzene rings is 1. The Labute approximate surface area is 108 Å². The predicted molar refractivity (Wildman–Crippen MR) is 72.6 cm³/mol. The van der Waals surface area contributed by atoms with Gasteiger partial charge in [0.15, 0.2) is 0 Å². The maximum atomic E-state index is 12.4. The third kappa shape index (κ3) is 2.03. The minimum absolute atomic E-state index is 0.296. The van der Waals surface area contributed by atoms with Gasteiger partial charge in [0.25, 0.3) is 0 Å². The van der Waals surface area contributed by atoms with Crippen LogP contribution in [-0.4, -0.2) is 19.5 Å². The standard InChI is InChI=1S/C15H20N2O/c1-16-13-6-4-10-17(15(18)11-8-9-11)14-7-3-2-5-12(13)14/h2-3,5,7,11,13,16H,4,6,8-10H2,1H3. The molecule has 3 rings (SSSR count). The summed E-state index contributed by atoms with van der Waals surface area (Å²) in [6, 6.07) is 8.71. The van der Waals surface area contributed by atoms with E-state index in [1.807, 2.05) is 18.0 Å². The number of nitrogens with zero attached hydrogens (tertiary/aromatic N) is 1. The van der Waals surface area contributed by atoms with E-state index in [9.17, 15) is 4.79 Å². The molecule has 18 heavy (non-hydrogen) atoms. The minimum atomic E-state index is 0.296. The van der Waals surface area contributed by atoms with Crippen LogP contribution in [0.1, 0.15) is 37.3 Å². The number of anilines is 1. The van der Waals surface area contributed by atoms with Crippen molar-refractivity contribution in [2.24, 2.45) is 5.92 Å². The quantitative estimate of drug-likeness (QED) is 0.867. The molecule has 2 aliphatic rings. The number of fused-ring (bicyclic) bond motifs is 1. The zero-order valence-corrected chi connectivity index (χ0v) is 10.9. The fourth-order valence-corrected chi connectivity index (χ4v) is 2.84. The molecule has 3 heteroatoms. The van der Waals surface area contributed by atoms with E-state index in [0.29, 0.717) is 17.9 Å². The first-order valence-electron chi connectivity index (χ1n) is 6.89. The van der Waals surface area contributed by atoms with Crippen molar-refractivity contribution >= 4 is 11.6 Å². The largest absolute Gasteiger partial charge is 0.313 e. The molecule has 0 aromatic heterocycles. The highest BCUT2D eigenvalue weighted by Gasteiger charge is 2.35. The second-order valence-corrected chi connectivity index (χ2v) is 5.31. The SMILES string of the molecule is CNC1CCCN(C(=O)C2CC2)c2ccccc21. The van der Waals surface area contributed by atoms with Crippen LogP contribution in [0.4, 0.5) is 5.69 Å². The van der Waals surface area contributed by atoms with Gasteiger partial charge >= 0.3 is 0 Å². The minimum Gasteiger partial charge on any atom is -0.313 e. The van der Waals surface area contributed by atoms with E-state index in [1.165, 1.54) is 5.56 Å². The summed E-state index contributed by atoms with van der Waals surface area (Å²) in [6.07, 6.45) is 4.32. The normalized spacial score (nSPS) is 23.4. The Morgan fingerprint density at radius 3 is 2.78 bits per heavy atom. The third-order valence-corrected chi connectivity index (χ3v) is 4.02. The van der Waals surface area contributed by atoms with Crippen LogP contribution in [0.3, 0.4) is 0 Å². The van der Waals surface area contributed by atoms with Crippen molar-refractivity contribution in [3.8, 4) is 0 Å². The molecule has 1 saturated carbocycles. The Morgan fingerprint density at radius 1 is 1.28 bits per heavy atom. The van der Waals surface area contributed by atoms with Crippen LogP contribution in [0.25, 0.3) is 0 Å². The lowest BCUT2D eigenvalue weighted by Gasteiger charge is -2.24. The molecule has 1 aliphatic heterocycles. The molecule has 96 valence electrons. The van der Waals surface area contributed by atoms with Crippen LogP contribution >= 0.6 is 0 Å². The fourth-order valence-electron chi connectivity index (χ4n) is 2.84. The van der Waals surface area contributed by atoms with Crippen LogP contribution in [0.2, 0.25) is 0 Å². The average molecular weight is 244 g/mol. The van der Waals surface area contributed by atoms with E-state index >= 15 is 0 Å². The Kier molecular flexibility index (Phi) is 3.08. The lowest BCUT2D eigenvalue weighted by atomic mass is 10.0. The Morgan fingerprint density at radius 2 is 2.06 bits per heavy atom. The molecule has 1 aromatic carbocycles. The molecule has 1 amide bonds. The lowest BCUT2D eigenvalue weighted by Crippen LogP contribution is -2.33. The van der Waals surface area contributed by atoms with Gasteiger partial charge in [0.1, 0.15) is 0 Å². The second-order valence-electron chi connectivity index (χ2n) is 5.31. The second kappa shape index (κ2) is 4.73. The molecule has 1 atom stereocenters. The van der Waals surface area contributed by atoms with Crippen molar-refractivity contribution in [3.63, 3.8) is 0 Å². The van der Waals surface area contributed by atoms with Gasteiger partial charge in [-0.1, -0.05) is 18.2 Å². The number of carbonyl (C=O) groups excluding carboxylic acids is 1. The first-order valence-corrected chi connectivity index (χ1v) is 6.89. The molecule has 1 N–H and O–H groups in total. The Hall–Kier alpha value is -1.35. The molecule has 0 bridgehead atoms. The summed E-state index contributed by atoms with van der Waals surface area (Å²) in [5, 5.41) is 3.37. The lowest BCUT2D eigenvalue weighted by molar-refractivity contribution is -0.119. The molecular weight excluding hydrogens is 224 g/mol. The maximum absolute atomic E-state index is 12.4. The zero-order valence-electron chi connectivity index (χ0n) is 10.9. The van der Waals surface area contributed by atoms with Gasteiger partial charge in [-0.05, 0) is 44.4 Å². The maximum Gasteiger partial charge on any atom is 0.230 e. The van der Waals surface area contributed by atoms with Gasteiger partial charge in [-0.2, -0.15) is 0 Å². The fraction of sp³-hybridized carbons (Fsp3) is 0.533. The van der Waals surface area contributed by atoms with Gasteiger partial charge in [-0.3, -0.25) is 4.79 Å². The number of hydrogen-bond donors (Lipinski definition) is 1. The van der Waals surface area contributed by atoms with E-state index in [1.54, 1.807) is 0 Å². The number of carbonyl (C=O) groups is 1. The summed E-state index contributed by atoms with van der Waals surface area (Å²) in [7, 11) is 2.00. The number of para-hydroxylation sites is 1. The highest BCUT2D eigenvalue weighted by Crippen LogP contribution is 2.37. The first kappa shape index (κ1) is 11.7. The van der Waals surface area contributed by atoms with Gasteiger partial charge in [0, 0.05) is 24.2 Å². The van der Waals surface area contributed by atoms with E-state index in [4.69, 9.17) is 0 Å². The van der Waals surface area contributed by atoms with E-state index < -0.39 is 0 Å². The number of hydrogen-bond acceptors (Lipinski definition) is 2. The molecule has 1 unspecified atom stereocenters. The van der Waals surface area contributed by atoms with E-state index in [0.717, 1.165) is 37.9 Å². The predicted octanol–water partition coefficient (Wildman–Crippen LogP) is 2.48. The van der Waals surface area contributed by atoms with Crippen LogP contribution in [0, 0.1) is 5.92 Å². The molecule has 0 saturated heterocycles. The summed E-state index contributed by atoms with van der Waals surface area (Å²) in [5.41, 5.74) is 2.39. The Bertz CT molecular complexity index is 454. The third-order valence-electron chi connectivity index (χ3n) is 4.02. The number of rotatable bonds is 2. The molecule has 1 aliphatic carbocycles. The van der Waals surface area contributed by atoms with Crippen LogP contribution in [0.5, 0.6) is 0 Å². The van der Waals surface area contributed by atoms with Crippen LogP contribution in [-0.2, 0) is 4.79 Å². The molecule has 1 aromatic rings. The van der Waals surface area contributed by atoms with Crippen molar-refractivity contribution in [1.29, 1.82) is 0 Å². The summed E-state index contributed by atoms with van der Waals surface area (Å²) in [5.74, 6) is 0.628. The summed E-state index contributed by atoms with van der Waals surface area (Å²) < 4.78 is 0. The monoisotopic (exact) mass is 244 g/mol. The molecule has 0 spiro atoms. The summed E-state index contributed by atoms with van der Waals surface area (Å²) >= 11 is 0. The Balaban J connectivity index is 1.98. The molecule has 1 heterocycles. The van der Waals surface area contributed by atoms with Crippen molar-refractivity contribution in [1.82, 2.24) is 5.32 Å². The molecular formula is C15H20N2O. The van der Waals surface area contributed by atoms with Crippen molar-refractivity contribution < 1.29 is 4.79 Å². The van der Waals surface area contributed by atoms with Gasteiger partial charge in [0.05, 0.1) is 0 Å². The molecule has 0 radical (unpaired) electrons. The number of amides is 1. The van der Waals surface area contributed by atoms with Crippen LogP contribution in [0.15, 0.2) is 24.3 Å². The van der Waals surface area contributed by atoms with E-state index in [-0.39, 0.29) is 0 Å².